The van der Waals surface area contributed by atoms with E-state index in [2.05, 4.69) is 9.97 Å². The van der Waals surface area contributed by atoms with Gasteiger partial charge in [0.05, 0.1) is 11.9 Å². The number of nitrogens with zero attached hydrogens (tertiary/aromatic N) is 1. The molecule has 0 spiro atoms. The Morgan fingerprint density at radius 3 is 2.89 bits per heavy atom. The van der Waals surface area contributed by atoms with Crippen molar-refractivity contribution >= 4 is 17.6 Å². The van der Waals surface area contributed by atoms with Crippen LogP contribution in [0.15, 0.2) is 29.3 Å². The zero-order valence-electron chi connectivity index (χ0n) is 9.81. The summed E-state index contributed by atoms with van der Waals surface area (Å²) in [6.45, 7) is 1.74. The molecule has 0 aliphatic carbocycles. The number of hydrogen-bond acceptors (Lipinski definition) is 4. The molecule has 0 radical (unpaired) electrons. The zero-order valence-corrected chi connectivity index (χ0v) is 10.6. The SMILES string of the molecule is Cc1ccc(C(=O)O)cc1Oc1nc[nH]c(=O)c1Cl. The molecule has 2 N–H and O–H groups in total. The van der Waals surface area contributed by atoms with E-state index in [9.17, 15) is 9.59 Å². The van der Waals surface area contributed by atoms with E-state index in [4.69, 9.17) is 21.4 Å². The lowest BCUT2D eigenvalue weighted by atomic mass is 10.1. The van der Waals surface area contributed by atoms with Crippen molar-refractivity contribution in [1.82, 2.24) is 9.97 Å². The fourth-order valence-electron chi connectivity index (χ4n) is 1.39. The van der Waals surface area contributed by atoms with Gasteiger partial charge in [0.25, 0.3) is 5.56 Å². The maximum Gasteiger partial charge on any atom is 0.335 e. The second-order valence-electron chi connectivity index (χ2n) is 3.74. The normalized spacial score (nSPS) is 10.2. The number of rotatable bonds is 3. The Bertz CT molecular complexity index is 696. The monoisotopic (exact) mass is 280 g/mol. The molecule has 2 aromatic rings. The van der Waals surface area contributed by atoms with Crippen LogP contribution in [-0.4, -0.2) is 21.0 Å². The van der Waals surface area contributed by atoms with E-state index in [0.717, 1.165) is 6.33 Å². The van der Waals surface area contributed by atoms with Crippen LogP contribution in [0.2, 0.25) is 5.02 Å². The molecule has 0 fully saturated rings. The minimum Gasteiger partial charge on any atom is -0.478 e. The van der Waals surface area contributed by atoms with Crippen LogP contribution in [0.1, 0.15) is 15.9 Å². The van der Waals surface area contributed by atoms with E-state index in [1.165, 1.54) is 12.1 Å². The summed E-state index contributed by atoms with van der Waals surface area (Å²) in [4.78, 5) is 28.3. The van der Waals surface area contributed by atoms with Gasteiger partial charge in [-0.05, 0) is 24.6 Å². The molecule has 6 nitrogen and oxygen atoms in total. The van der Waals surface area contributed by atoms with Crippen molar-refractivity contribution < 1.29 is 14.6 Å². The van der Waals surface area contributed by atoms with Crippen molar-refractivity contribution in [1.29, 1.82) is 0 Å². The smallest absolute Gasteiger partial charge is 0.335 e. The number of benzene rings is 1. The number of carboxylic acid groups (broad SMARTS) is 1. The van der Waals surface area contributed by atoms with E-state index in [0.29, 0.717) is 5.56 Å². The number of aromatic carboxylic acids is 1. The van der Waals surface area contributed by atoms with Gasteiger partial charge in [-0.15, -0.1) is 0 Å². The molecule has 0 saturated carbocycles. The molecule has 0 unspecified atom stereocenters. The fourth-order valence-corrected chi connectivity index (χ4v) is 1.53. The number of nitrogens with one attached hydrogen (secondary N) is 1. The van der Waals surface area contributed by atoms with Crippen LogP contribution in [-0.2, 0) is 0 Å². The summed E-state index contributed by atoms with van der Waals surface area (Å²) in [5.74, 6) is -0.870. The lowest BCUT2D eigenvalue weighted by Gasteiger charge is -2.09. The van der Waals surface area contributed by atoms with Crippen LogP contribution < -0.4 is 10.3 Å². The molecule has 1 aromatic heterocycles. The summed E-state index contributed by atoms with van der Waals surface area (Å²) < 4.78 is 5.39. The van der Waals surface area contributed by atoms with Crippen LogP contribution in [0.4, 0.5) is 0 Å². The summed E-state index contributed by atoms with van der Waals surface area (Å²) in [5.41, 5.74) is 0.239. The van der Waals surface area contributed by atoms with Crippen LogP contribution in [0, 0.1) is 6.92 Å². The first-order valence-corrected chi connectivity index (χ1v) is 5.62. The number of aromatic amines is 1. The number of halogens is 1. The lowest BCUT2D eigenvalue weighted by Crippen LogP contribution is -2.08. The zero-order chi connectivity index (χ0) is 14.0. The third-order valence-electron chi connectivity index (χ3n) is 2.41. The van der Waals surface area contributed by atoms with Crippen molar-refractivity contribution in [3.05, 3.63) is 51.0 Å². The third kappa shape index (κ3) is 2.74. The van der Waals surface area contributed by atoms with Gasteiger partial charge >= 0.3 is 5.97 Å². The van der Waals surface area contributed by atoms with E-state index >= 15 is 0 Å². The molecular formula is C12H9ClN2O4. The Labute approximate surface area is 112 Å². The third-order valence-corrected chi connectivity index (χ3v) is 2.74. The second kappa shape index (κ2) is 5.11. The highest BCUT2D eigenvalue weighted by Gasteiger charge is 2.12. The van der Waals surface area contributed by atoms with E-state index in [1.54, 1.807) is 13.0 Å². The van der Waals surface area contributed by atoms with E-state index < -0.39 is 11.5 Å². The molecule has 0 atom stereocenters. The first-order valence-electron chi connectivity index (χ1n) is 5.24. The Hall–Kier alpha value is -2.34. The molecule has 2 rings (SSSR count). The molecular weight excluding hydrogens is 272 g/mol. The fraction of sp³-hybridized carbons (Fsp3) is 0.0833. The molecule has 0 amide bonds. The highest BCUT2D eigenvalue weighted by Crippen LogP contribution is 2.27. The number of ether oxygens (including phenoxy) is 1. The molecule has 98 valence electrons. The predicted octanol–water partition coefficient (Wildman–Crippen LogP) is 2.22. The summed E-state index contributed by atoms with van der Waals surface area (Å²) >= 11 is 5.75. The number of aryl methyl sites for hydroxylation is 1. The van der Waals surface area contributed by atoms with Crippen molar-refractivity contribution in [3.63, 3.8) is 0 Å². The Morgan fingerprint density at radius 2 is 2.21 bits per heavy atom. The van der Waals surface area contributed by atoms with Crippen LogP contribution in [0.5, 0.6) is 11.6 Å². The largest absolute Gasteiger partial charge is 0.478 e. The Morgan fingerprint density at radius 1 is 1.47 bits per heavy atom. The summed E-state index contributed by atoms with van der Waals surface area (Å²) in [5, 5.41) is 8.72. The Balaban J connectivity index is 2.43. The minimum absolute atomic E-state index is 0.0709. The number of carbonyl (C=O) groups is 1. The Kier molecular flexibility index (Phi) is 3.52. The first kappa shape index (κ1) is 13.1. The van der Waals surface area contributed by atoms with Gasteiger partial charge in [0.15, 0.2) is 5.02 Å². The molecule has 1 aromatic carbocycles. The van der Waals surface area contributed by atoms with Gasteiger partial charge in [-0.25, -0.2) is 9.78 Å². The van der Waals surface area contributed by atoms with Crippen molar-refractivity contribution in [2.24, 2.45) is 0 Å². The maximum atomic E-state index is 11.3. The van der Waals surface area contributed by atoms with Crippen molar-refractivity contribution in [2.45, 2.75) is 6.92 Å². The molecule has 0 saturated heterocycles. The summed E-state index contributed by atoms with van der Waals surface area (Å²) in [7, 11) is 0. The van der Waals surface area contributed by atoms with Crippen LogP contribution in [0.3, 0.4) is 0 Å². The topological polar surface area (TPSA) is 92.3 Å². The average Bonchev–Trinajstić information content (AvgIpc) is 2.37. The van der Waals surface area contributed by atoms with Gasteiger partial charge in [0.1, 0.15) is 5.75 Å². The van der Waals surface area contributed by atoms with Gasteiger partial charge in [-0.1, -0.05) is 17.7 Å². The van der Waals surface area contributed by atoms with Gasteiger partial charge in [-0.2, -0.15) is 0 Å². The first-order chi connectivity index (χ1) is 8.99. The van der Waals surface area contributed by atoms with Gasteiger partial charge < -0.3 is 14.8 Å². The van der Waals surface area contributed by atoms with E-state index in [-0.39, 0.29) is 22.2 Å². The van der Waals surface area contributed by atoms with Crippen LogP contribution in [0.25, 0.3) is 0 Å². The predicted molar refractivity (Wildman–Crippen MR) is 68.1 cm³/mol. The van der Waals surface area contributed by atoms with Crippen molar-refractivity contribution in [3.8, 4) is 11.6 Å². The number of H-pyrrole nitrogens is 1. The highest BCUT2D eigenvalue weighted by atomic mass is 35.5. The van der Waals surface area contributed by atoms with Gasteiger partial charge in [0, 0.05) is 0 Å². The van der Waals surface area contributed by atoms with E-state index in [1.807, 2.05) is 0 Å². The molecule has 0 aliphatic heterocycles. The van der Waals surface area contributed by atoms with Crippen LogP contribution >= 0.6 is 11.6 Å². The number of carboxylic acids is 1. The second-order valence-corrected chi connectivity index (χ2v) is 4.12. The minimum atomic E-state index is -1.07. The quantitative estimate of drug-likeness (QED) is 0.899. The molecule has 7 heteroatoms. The van der Waals surface area contributed by atoms with Gasteiger partial charge in [0.2, 0.25) is 5.88 Å². The molecule has 19 heavy (non-hydrogen) atoms. The molecule has 0 bridgehead atoms. The maximum absolute atomic E-state index is 11.3. The average molecular weight is 281 g/mol. The van der Waals surface area contributed by atoms with Gasteiger partial charge in [-0.3, -0.25) is 4.79 Å². The molecule has 1 heterocycles. The molecule has 0 aliphatic rings. The lowest BCUT2D eigenvalue weighted by molar-refractivity contribution is 0.0696. The summed E-state index contributed by atoms with van der Waals surface area (Å²) in [6.07, 6.45) is 1.15. The summed E-state index contributed by atoms with van der Waals surface area (Å²) in [6, 6.07) is 4.40. The number of hydrogen-bond donors (Lipinski definition) is 2. The number of aromatic nitrogens is 2. The standard InChI is InChI=1S/C12H9ClN2O4/c1-6-2-3-7(12(17)18)4-8(6)19-11-9(13)10(16)14-5-15-11/h2-5H,1H3,(H,17,18)(H,14,15,16). The van der Waals surface area contributed by atoms with Crippen molar-refractivity contribution in [2.75, 3.05) is 0 Å². The highest BCUT2D eigenvalue weighted by molar-refractivity contribution is 6.31.